The van der Waals surface area contributed by atoms with Crippen LogP contribution in [0.25, 0.3) is 0 Å². The fourth-order valence-electron chi connectivity index (χ4n) is 1.39. The van der Waals surface area contributed by atoms with Crippen LogP contribution in [0.2, 0.25) is 0 Å². The Morgan fingerprint density at radius 3 is 2.29 bits per heavy atom. The molecule has 0 aliphatic heterocycles. The lowest BCUT2D eigenvalue weighted by molar-refractivity contribution is 0.193. The molecular formula is C12H18O2. The summed E-state index contributed by atoms with van der Waals surface area (Å²) in [5.74, 6) is 0. The molecule has 0 atom stereocenters. The Morgan fingerprint density at radius 1 is 1.07 bits per heavy atom. The van der Waals surface area contributed by atoms with Gasteiger partial charge in [-0.1, -0.05) is 24.3 Å². The first-order valence-electron chi connectivity index (χ1n) is 5.04. The van der Waals surface area contributed by atoms with Gasteiger partial charge in [0.05, 0.1) is 6.61 Å². The second kappa shape index (κ2) is 6.57. The minimum atomic E-state index is 0.129. The molecule has 0 spiro atoms. The van der Waals surface area contributed by atoms with E-state index < -0.39 is 0 Å². The number of hydrogen-bond donors (Lipinski definition) is 1. The highest BCUT2D eigenvalue weighted by Gasteiger charge is 1.94. The molecular weight excluding hydrogens is 176 g/mol. The molecule has 0 aromatic heterocycles. The number of benzene rings is 1. The minimum absolute atomic E-state index is 0.129. The van der Waals surface area contributed by atoms with E-state index >= 15 is 0 Å². The highest BCUT2D eigenvalue weighted by Crippen LogP contribution is 2.07. The van der Waals surface area contributed by atoms with E-state index in [9.17, 15) is 0 Å². The summed E-state index contributed by atoms with van der Waals surface area (Å²) in [6.07, 6.45) is 3.36. The van der Waals surface area contributed by atoms with Gasteiger partial charge >= 0.3 is 0 Å². The molecule has 0 bridgehead atoms. The number of ether oxygens (including phenoxy) is 1. The molecule has 0 unspecified atom stereocenters. The molecule has 0 aliphatic rings. The summed E-state index contributed by atoms with van der Waals surface area (Å²) in [6, 6.07) is 8.12. The molecule has 2 nitrogen and oxygen atoms in total. The van der Waals surface area contributed by atoms with E-state index in [1.165, 1.54) is 5.56 Å². The molecule has 0 fully saturated rings. The molecule has 0 saturated heterocycles. The van der Waals surface area contributed by atoms with E-state index in [-0.39, 0.29) is 6.61 Å². The van der Waals surface area contributed by atoms with Crippen LogP contribution in [0.5, 0.6) is 0 Å². The van der Waals surface area contributed by atoms with Gasteiger partial charge < -0.3 is 9.84 Å². The Bertz CT molecular complexity index is 241. The van der Waals surface area contributed by atoms with Crippen LogP contribution in [0, 0.1) is 0 Å². The van der Waals surface area contributed by atoms with Gasteiger partial charge in [0.1, 0.15) is 0 Å². The number of aryl methyl sites for hydroxylation is 1. The van der Waals surface area contributed by atoms with Crippen LogP contribution in [0.15, 0.2) is 24.3 Å². The first kappa shape index (κ1) is 11.2. The second-order valence-corrected chi connectivity index (χ2v) is 3.42. The lowest BCUT2D eigenvalue weighted by Crippen LogP contribution is -1.92. The summed E-state index contributed by atoms with van der Waals surface area (Å²) in [5.41, 5.74) is 2.31. The van der Waals surface area contributed by atoms with Crippen molar-refractivity contribution < 1.29 is 9.84 Å². The van der Waals surface area contributed by atoms with Crippen LogP contribution in [0.1, 0.15) is 24.0 Å². The predicted octanol–water partition coefficient (Wildman–Crippen LogP) is 2.15. The van der Waals surface area contributed by atoms with E-state index in [1.54, 1.807) is 7.11 Å². The average Bonchev–Trinajstić information content (AvgIpc) is 2.25. The fraction of sp³-hybridized carbons (Fsp3) is 0.500. The zero-order valence-electron chi connectivity index (χ0n) is 8.70. The fourth-order valence-corrected chi connectivity index (χ4v) is 1.39. The van der Waals surface area contributed by atoms with Crippen molar-refractivity contribution in [2.45, 2.75) is 25.9 Å². The molecule has 2 heteroatoms. The highest BCUT2D eigenvalue weighted by molar-refractivity contribution is 5.21. The summed E-state index contributed by atoms with van der Waals surface area (Å²) in [5, 5.41) is 8.86. The minimum Gasteiger partial charge on any atom is -0.392 e. The maximum Gasteiger partial charge on any atom is 0.0681 e. The number of methoxy groups -OCH3 is 1. The van der Waals surface area contributed by atoms with Gasteiger partial charge in [-0.2, -0.15) is 0 Å². The van der Waals surface area contributed by atoms with Crippen molar-refractivity contribution >= 4 is 0 Å². The lowest BCUT2D eigenvalue weighted by atomic mass is 10.1. The molecule has 78 valence electrons. The van der Waals surface area contributed by atoms with E-state index in [1.807, 2.05) is 12.1 Å². The van der Waals surface area contributed by atoms with E-state index in [2.05, 4.69) is 12.1 Å². The van der Waals surface area contributed by atoms with Crippen molar-refractivity contribution in [2.75, 3.05) is 13.7 Å². The lowest BCUT2D eigenvalue weighted by Gasteiger charge is -2.02. The van der Waals surface area contributed by atoms with Gasteiger partial charge in [-0.15, -0.1) is 0 Å². The van der Waals surface area contributed by atoms with Gasteiger partial charge in [-0.3, -0.25) is 0 Å². The second-order valence-electron chi connectivity index (χ2n) is 3.42. The zero-order chi connectivity index (χ0) is 10.2. The molecule has 14 heavy (non-hydrogen) atoms. The monoisotopic (exact) mass is 194 g/mol. The number of aliphatic hydroxyl groups is 1. The SMILES string of the molecule is COCCCCc1ccc(CO)cc1. The number of aliphatic hydroxyl groups excluding tert-OH is 1. The van der Waals surface area contributed by atoms with Gasteiger partial charge in [-0.25, -0.2) is 0 Å². The molecule has 1 aromatic rings. The van der Waals surface area contributed by atoms with Crippen LogP contribution in [-0.4, -0.2) is 18.8 Å². The van der Waals surface area contributed by atoms with Crippen LogP contribution in [0.4, 0.5) is 0 Å². The quantitative estimate of drug-likeness (QED) is 0.703. The van der Waals surface area contributed by atoms with Crippen molar-refractivity contribution in [3.8, 4) is 0 Å². The Labute approximate surface area is 85.5 Å². The Hall–Kier alpha value is -0.860. The highest BCUT2D eigenvalue weighted by atomic mass is 16.5. The molecule has 0 radical (unpaired) electrons. The molecule has 1 rings (SSSR count). The molecule has 0 saturated carbocycles. The van der Waals surface area contributed by atoms with Gasteiger partial charge in [0.25, 0.3) is 0 Å². The smallest absolute Gasteiger partial charge is 0.0681 e. The van der Waals surface area contributed by atoms with Crippen LogP contribution in [0.3, 0.4) is 0 Å². The molecule has 1 N–H and O–H groups in total. The maximum absolute atomic E-state index is 8.86. The van der Waals surface area contributed by atoms with Crippen molar-refractivity contribution in [2.24, 2.45) is 0 Å². The van der Waals surface area contributed by atoms with Gasteiger partial charge in [0, 0.05) is 13.7 Å². The first-order valence-corrected chi connectivity index (χ1v) is 5.04. The van der Waals surface area contributed by atoms with E-state index in [0.29, 0.717) is 0 Å². The van der Waals surface area contributed by atoms with Gasteiger partial charge in [0.15, 0.2) is 0 Å². The maximum atomic E-state index is 8.86. The van der Waals surface area contributed by atoms with E-state index in [4.69, 9.17) is 9.84 Å². The molecule has 0 amide bonds. The average molecular weight is 194 g/mol. The third-order valence-corrected chi connectivity index (χ3v) is 2.27. The Balaban J connectivity index is 2.29. The van der Waals surface area contributed by atoms with Crippen molar-refractivity contribution in [1.29, 1.82) is 0 Å². The zero-order valence-corrected chi connectivity index (χ0v) is 8.70. The van der Waals surface area contributed by atoms with Crippen molar-refractivity contribution in [1.82, 2.24) is 0 Å². The summed E-state index contributed by atoms with van der Waals surface area (Å²) < 4.78 is 4.98. The van der Waals surface area contributed by atoms with Gasteiger partial charge in [0.2, 0.25) is 0 Å². The summed E-state index contributed by atoms with van der Waals surface area (Å²) in [6.45, 7) is 0.971. The number of unbranched alkanes of at least 4 members (excludes halogenated alkanes) is 1. The number of rotatable bonds is 6. The standard InChI is InChI=1S/C12H18O2/c1-14-9-3-2-4-11-5-7-12(10-13)8-6-11/h5-8,13H,2-4,9-10H2,1H3. The third kappa shape index (κ3) is 3.90. The predicted molar refractivity (Wildman–Crippen MR) is 57.2 cm³/mol. The number of hydrogen-bond acceptors (Lipinski definition) is 2. The van der Waals surface area contributed by atoms with E-state index in [0.717, 1.165) is 31.4 Å². The molecule has 1 aromatic carbocycles. The molecule has 0 heterocycles. The summed E-state index contributed by atoms with van der Waals surface area (Å²) >= 11 is 0. The Kier molecular flexibility index (Phi) is 5.27. The van der Waals surface area contributed by atoms with Crippen LogP contribution >= 0.6 is 0 Å². The van der Waals surface area contributed by atoms with Crippen molar-refractivity contribution in [3.63, 3.8) is 0 Å². The topological polar surface area (TPSA) is 29.5 Å². The Morgan fingerprint density at radius 2 is 1.71 bits per heavy atom. The third-order valence-electron chi connectivity index (χ3n) is 2.27. The van der Waals surface area contributed by atoms with Gasteiger partial charge in [-0.05, 0) is 30.4 Å². The summed E-state index contributed by atoms with van der Waals surface area (Å²) in [4.78, 5) is 0. The van der Waals surface area contributed by atoms with Crippen LogP contribution in [-0.2, 0) is 17.8 Å². The van der Waals surface area contributed by atoms with Crippen LogP contribution < -0.4 is 0 Å². The van der Waals surface area contributed by atoms with Crippen molar-refractivity contribution in [3.05, 3.63) is 35.4 Å². The summed E-state index contributed by atoms with van der Waals surface area (Å²) in [7, 11) is 1.73. The molecule has 0 aliphatic carbocycles. The first-order chi connectivity index (χ1) is 6.86. The largest absolute Gasteiger partial charge is 0.392 e. The normalized spacial score (nSPS) is 10.4.